The van der Waals surface area contributed by atoms with Crippen molar-refractivity contribution in [2.45, 2.75) is 13.0 Å². The summed E-state index contributed by atoms with van der Waals surface area (Å²) in [6.07, 6.45) is 2.16. The minimum absolute atomic E-state index is 0.124. The third kappa shape index (κ3) is 3.05. The van der Waals surface area contributed by atoms with Crippen molar-refractivity contribution in [2.24, 2.45) is 4.99 Å². The van der Waals surface area contributed by atoms with Crippen LogP contribution >= 0.6 is 0 Å². The van der Waals surface area contributed by atoms with Crippen molar-refractivity contribution >= 4 is 32.5 Å². The Morgan fingerprint density at radius 1 is 1.05 bits per heavy atom. The Labute approximate surface area is 132 Å². The van der Waals surface area contributed by atoms with Gasteiger partial charge in [0.25, 0.3) is 0 Å². The van der Waals surface area contributed by atoms with Gasteiger partial charge in [0.1, 0.15) is 0 Å². The summed E-state index contributed by atoms with van der Waals surface area (Å²) in [7, 11) is 0. The second-order valence-electron chi connectivity index (χ2n) is 4.96. The molecule has 2 nitrogen and oxygen atoms in total. The molecule has 3 rings (SSSR count). The van der Waals surface area contributed by atoms with E-state index >= 15 is 0 Å². The maximum absolute atomic E-state index is 12.2. The third-order valence-electron chi connectivity index (χ3n) is 3.50. The number of fused-ring (bicyclic) bond motifs is 1. The molecule has 0 unspecified atom stereocenters. The van der Waals surface area contributed by atoms with Gasteiger partial charge in [0.05, 0.1) is 0 Å². The predicted octanol–water partition coefficient (Wildman–Crippen LogP) is 2.96. The minimum atomic E-state index is 0.124. The SMILES string of the molecule is O=C1Cc2ccccc2C([Se])=C1C=NCc1ccccc1. The van der Waals surface area contributed by atoms with Crippen LogP contribution in [0, 0.1) is 0 Å². The molecule has 3 heteroatoms. The van der Waals surface area contributed by atoms with Gasteiger partial charge in [0.15, 0.2) is 0 Å². The molecule has 0 bridgehead atoms. The fourth-order valence-electron chi connectivity index (χ4n) is 2.39. The van der Waals surface area contributed by atoms with Crippen molar-refractivity contribution in [3.63, 3.8) is 0 Å². The second-order valence-corrected chi connectivity index (χ2v) is 5.81. The Kier molecular flexibility index (Phi) is 4.14. The molecule has 0 saturated carbocycles. The summed E-state index contributed by atoms with van der Waals surface area (Å²) in [5, 5.41) is 0. The summed E-state index contributed by atoms with van der Waals surface area (Å²) in [6, 6.07) is 18.0. The molecule has 0 saturated heterocycles. The number of carbonyl (C=O) groups excluding carboxylic acids is 1. The van der Waals surface area contributed by atoms with Crippen LogP contribution in [0.3, 0.4) is 0 Å². The van der Waals surface area contributed by atoms with Crippen LogP contribution in [-0.4, -0.2) is 28.0 Å². The van der Waals surface area contributed by atoms with E-state index in [9.17, 15) is 4.79 Å². The molecular weight excluding hydrogens is 325 g/mol. The number of allylic oxidation sites excluding steroid dienone is 1. The number of hydrogen-bond donors (Lipinski definition) is 0. The second kappa shape index (κ2) is 6.21. The summed E-state index contributed by atoms with van der Waals surface area (Å²) in [5.74, 6) is 0.124. The molecule has 2 aromatic rings. The summed E-state index contributed by atoms with van der Waals surface area (Å²) in [6.45, 7) is 0.590. The summed E-state index contributed by atoms with van der Waals surface area (Å²) in [5.41, 5.74) is 4.01. The Bertz CT molecular complexity index is 732. The molecule has 0 atom stereocenters. The van der Waals surface area contributed by atoms with Crippen molar-refractivity contribution in [1.29, 1.82) is 0 Å². The number of Topliss-reactive ketones (excluding diaryl/α,β-unsaturated/α-hetero) is 1. The van der Waals surface area contributed by atoms with Gasteiger partial charge < -0.3 is 0 Å². The Balaban J connectivity index is 1.86. The molecule has 0 N–H and O–H groups in total. The van der Waals surface area contributed by atoms with Crippen LogP contribution in [0.25, 0.3) is 4.47 Å². The first kappa shape index (κ1) is 14.0. The van der Waals surface area contributed by atoms with Crippen molar-refractivity contribution in [3.8, 4) is 0 Å². The number of aliphatic imine (C=N–C) groups is 1. The molecule has 0 aliphatic heterocycles. The zero-order valence-electron chi connectivity index (χ0n) is 11.5. The van der Waals surface area contributed by atoms with Crippen LogP contribution in [0.4, 0.5) is 0 Å². The fourth-order valence-corrected chi connectivity index (χ4v) is 3.16. The first-order valence-electron chi connectivity index (χ1n) is 6.82. The Hall–Kier alpha value is -1.96. The number of ketones is 1. The molecule has 103 valence electrons. The molecule has 0 spiro atoms. The molecule has 0 aromatic heterocycles. The molecule has 21 heavy (non-hydrogen) atoms. The molecule has 1 radical (unpaired) electrons. The van der Waals surface area contributed by atoms with Gasteiger partial charge in [-0.05, 0) is 0 Å². The molecule has 2 aromatic carbocycles. The standard InChI is InChI=1S/C18H14NOSe/c20-17-10-14-8-4-5-9-15(14)18(21)16(17)12-19-11-13-6-2-1-3-7-13/h1-9,12H,10-11H2. The van der Waals surface area contributed by atoms with Crippen LogP contribution in [0.15, 0.2) is 65.2 Å². The Morgan fingerprint density at radius 2 is 1.76 bits per heavy atom. The van der Waals surface area contributed by atoms with E-state index in [0.29, 0.717) is 18.5 Å². The normalized spacial score (nSPS) is 14.6. The number of nitrogens with zero attached hydrogens (tertiary/aromatic N) is 1. The van der Waals surface area contributed by atoms with Crippen molar-refractivity contribution in [2.75, 3.05) is 0 Å². The van der Waals surface area contributed by atoms with Crippen LogP contribution in [0.5, 0.6) is 0 Å². The zero-order chi connectivity index (χ0) is 14.7. The third-order valence-corrected chi connectivity index (χ3v) is 4.42. The van der Waals surface area contributed by atoms with Gasteiger partial charge in [0, 0.05) is 0 Å². The van der Waals surface area contributed by atoms with Crippen LogP contribution in [-0.2, 0) is 17.8 Å². The van der Waals surface area contributed by atoms with Gasteiger partial charge >= 0.3 is 132 Å². The molecular formula is C18H14NOSe. The van der Waals surface area contributed by atoms with Crippen LogP contribution < -0.4 is 0 Å². The van der Waals surface area contributed by atoms with Gasteiger partial charge in [-0.15, -0.1) is 0 Å². The molecule has 0 heterocycles. The van der Waals surface area contributed by atoms with E-state index in [4.69, 9.17) is 0 Å². The number of hydrogen-bond acceptors (Lipinski definition) is 2. The first-order chi connectivity index (χ1) is 10.3. The van der Waals surface area contributed by atoms with Crippen LogP contribution in [0.1, 0.15) is 16.7 Å². The van der Waals surface area contributed by atoms with E-state index in [0.717, 1.165) is 21.2 Å². The fraction of sp³-hybridized carbons (Fsp3) is 0.111. The average molecular weight is 339 g/mol. The van der Waals surface area contributed by atoms with Crippen molar-refractivity contribution in [1.82, 2.24) is 0 Å². The zero-order valence-corrected chi connectivity index (χ0v) is 13.2. The van der Waals surface area contributed by atoms with Gasteiger partial charge in [-0.3, -0.25) is 0 Å². The van der Waals surface area contributed by atoms with E-state index in [1.807, 2.05) is 54.6 Å². The topological polar surface area (TPSA) is 29.4 Å². The summed E-state index contributed by atoms with van der Waals surface area (Å²) >= 11 is 3.03. The first-order valence-corrected chi connectivity index (χ1v) is 7.68. The van der Waals surface area contributed by atoms with Gasteiger partial charge in [-0.25, -0.2) is 0 Å². The van der Waals surface area contributed by atoms with E-state index in [2.05, 4.69) is 21.0 Å². The van der Waals surface area contributed by atoms with Crippen LogP contribution in [0.2, 0.25) is 0 Å². The van der Waals surface area contributed by atoms with Crippen molar-refractivity contribution < 1.29 is 4.79 Å². The number of benzene rings is 2. The van der Waals surface area contributed by atoms with Gasteiger partial charge in [-0.1, -0.05) is 0 Å². The van der Waals surface area contributed by atoms with E-state index in [1.54, 1.807) is 6.21 Å². The molecule has 0 fully saturated rings. The molecule has 1 aliphatic carbocycles. The summed E-state index contributed by atoms with van der Waals surface area (Å²) < 4.78 is 0.902. The molecule has 1 aliphatic rings. The maximum atomic E-state index is 12.2. The van der Waals surface area contributed by atoms with E-state index < -0.39 is 0 Å². The Morgan fingerprint density at radius 3 is 2.57 bits per heavy atom. The average Bonchev–Trinajstić information content (AvgIpc) is 2.51. The summed E-state index contributed by atoms with van der Waals surface area (Å²) in [4.78, 5) is 16.7. The molecule has 0 amide bonds. The number of rotatable bonds is 3. The quantitative estimate of drug-likeness (QED) is 0.624. The van der Waals surface area contributed by atoms with Gasteiger partial charge in [-0.2, -0.15) is 0 Å². The monoisotopic (exact) mass is 340 g/mol. The van der Waals surface area contributed by atoms with E-state index in [1.165, 1.54) is 0 Å². The predicted molar refractivity (Wildman–Crippen MR) is 86.5 cm³/mol. The van der Waals surface area contributed by atoms with E-state index in [-0.39, 0.29) is 5.78 Å². The van der Waals surface area contributed by atoms with Gasteiger partial charge in [0.2, 0.25) is 0 Å². The van der Waals surface area contributed by atoms with Crippen molar-refractivity contribution in [3.05, 3.63) is 76.9 Å². The number of carbonyl (C=O) groups is 1.